The summed E-state index contributed by atoms with van der Waals surface area (Å²) < 4.78 is 5.23. The minimum atomic E-state index is -0.310. The van der Waals surface area contributed by atoms with Gasteiger partial charge in [-0.3, -0.25) is 9.69 Å². The Morgan fingerprint density at radius 1 is 1.12 bits per heavy atom. The summed E-state index contributed by atoms with van der Waals surface area (Å²) in [6.45, 7) is 1.37. The van der Waals surface area contributed by atoms with E-state index in [0.717, 1.165) is 11.3 Å². The van der Waals surface area contributed by atoms with Crippen LogP contribution < -0.4 is 4.90 Å². The zero-order valence-electron chi connectivity index (χ0n) is 13.5. The van der Waals surface area contributed by atoms with Crippen molar-refractivity contribution in [3.63, 3.8) is 0 Å². The summed E-state index contributed by atoms with van der Waals surface area (Å²) >= 11 is 5.92. The number of fused-ring (bicyclic) bond motifs is 3. The van der Waals surface area contributed by atoms with Crippen LogP contribution in [-0.4, -0.2) is 36.1 Å². The van der Waals surface area contributed by atoms with Gasteiger partial charge < -0.3 is 9.64 Å². The highest BCUT2D eigenvalue weighted by molar-refractivity contribution is 6.30. The number of carbonyl (C=O) groups is 2. The lowest BCUT2D eigenvalue weighted by Crippen LogP contribution is -2.42. The van der Waals surface area contributed by atoms with Gasteiger partial charge in [-0.25, -0.2) is 4.79 Å². The van der Waals surface area contributed by atoms with Crippen molar-refractivity contribution in [3.05, 3.63) is 64.7 Å². The summed E-state index contributed by atoms with van der Waals surface area (Å²) in [4.78, 5) is 28.6. The molecular weight excluding hydrogens is 340 g/mol. The highest BCUT2D eigenvalue weighted by Gasteiger charge is 2.37. The molecule has 0 radical (unpaired) electrons. The number of nitrogens with zero attached hydrogens (tertiary/aromatic N) is 2. The van der Waals surface area contributed by atoms with Crippen LogP contribution in [0.25, 0.3) is 0 Å². The molecule has 2 amide bonds. The topological polar surface area (TPSA) is 49.9 Å². The van der Waals surface area contributed by atoms with E-state index >= 15 is 0 Å². The third-order valence-electron chi connectivity index (χ3n) is 4.68. The molecule has 128 valence electrons. The van der Waals surface area contributed by atoms with E-state index in [1.165, 1.54) is 0 Å². The van der Waals surface area contributed by atoms with Crippen LogP contribution in [0.3, 0.4) is 0 Å². The minimum Gasteiger partial charge on any atom is -0.447 e. The third kappa shape index (κ3) is 2.96. The Labute approximate surface area is 150 Å². The predicted octanol–water partition coefficient (Wildman–Crippen LogP) is 3.71. The Kier molecular flexibility index (Phi) is 4.09. The van der Waals surface area contributed by atoms with Crippen molar-refractivity contribution < 1.29 is 14.3 Å². The van der Waals surface area contributed by atoms with Crippen LogP contribution in [0.5, 0.6) is 0 Å². The summed E-state index contributed by atoms with van der Waals surface area (Å²) in [5.41, 5.74) is 2.37. The van der Waals surface area contributed by atoms with Crippen molar-refractivity contribution in [3.8, 4) is 0 Å². The summed E-state index contributed by atoms with van der Waals surface area (Å²) in [5.74, 6) is -0.0369. The molecule has 2 aromatic rings. The molecule has 2 aliphatic heterocycles. The van der Waals surface area contributed by atoms with Gasteiger partial charge in [0, 0.05) is 23.7 Å². The van der Waals surface area contributed by atoms with E-state index in [1.807, 2.05) is 29.2 Å². The standard InChI is InChI=1S/C19H17ClN2O3/c20-15-7-5-13(6-8-15)18(23)21-10-9-16-12-25-19(24)22(16)17-4-2-1-3-14(17)11-21/h1-8,16H,9-12H2. The molecule has 2 aliphatic rings. The Bertz CT molecular complexity index is 822. The van der Waals surface area contributed by atoms with Crippen molar-refractivity contribution in [2.24, 2.45) is 0 Å². The number of ether oxygens (including phenoxy) is 1. The number of cyclic esters (lactones) is 1. The predicted molar refractivity (Wildman–Crippen MR) is 94.9 cm³/mol. The molecule has 2 aromatic carbocycles. The molecule has 0 spiro atoms. The molecular formula is C19H17ClN2O3. The van der Waals surface area contributed by atoms with E-state index < -0.39 is 0 Å². The second-order valence-electron chi connectivity index (χ2n) is 6.25. The average molecular weight is 357 g/mol. The molecule has 2 heterocycles. The number of para-hydroxylation sites is 1. The maximum atomic E-state index is 12.9. The van der Waals surface area contributed by atoms with Gasteiger partial charge in [-0.05, 0) is 42.3 Å². The first kappa shape index (κ1) is 16.0. The number of amides is 2. The van der Waals surface area contributed by atoms with Crippen molar-refractivity contribution in [1.29, 1.82) is 0 Å². The van der Waals surface area contributed by atoms with Gasteiger partial charge in [0.05, 0.1) is 11.7 Å². The van der Waals surface area contributed by atoms with Gasteiger partial charge in [0.2, 0.25) is 0 Å². The fourth-order valence-electron chi connectivity index (χ4n) is 3.39. The van der Waals surface area contributed by atoms with Crippen LogP contribution >= 0.6 is 11.6 Å². The van der Waals surface area contributed by atoms with Crippen LogP contribution in [0, 0.1) is 0 Å². The largest absolute Gasteiger partial charge is 0.447 e. The summed E-state index contributed by atoms with van der Waals surface area (Å²) in [7, 11) is 0. The molecule has 1 fully saturated rings. The molecule has 0 aromatic heterocycles. The number of hydrogen-bond acceptors (Lipinski definition) is 3. The van der Waals surface area contributed by atoms with E-state index in [2.05, 4.69) is 0 Å². The molecule has 0 bridgehead atoms. The highest BCUT2D eigenvalue weighted by atomic mass is 35.5. The Hall–Kier alpha value is -2.53. The summed E-state index contributed by atoms with van der Waals surface area (Å²) in [5, 5.41) is 0.604. The number of hydrogen-bond donors (Lipinski definition) is 0. The molecule has 4 rings (SSSR count). The van der Waals surface area contributed by atoms with E-state index in [1.54, 1.807) is 29.2 Å². The van der Waals surface area contributed by atoms with E-state index in [0.29, 0.717) is 36.7 Å². The van der Waals surface area contributed by atoms with Gasteiger partial charge in [0.25, 0.3) is 5.91 Å². The molecule has 25 heavy (non-hydrogen) atoms. The van der Waals surface area contributed by atoms with Crippen LogP contribution in [0.1, 0.15) is 22.3 Å². The van der Waals surface area contributed by atoms with Gasteiger partial charge in [-0.1, -0.05) is 29.8 Å². The van der Waals surface area contributed by atoms with Crippen molar-refractivity contribution >= 4 is 29.3 Å². The number of carbonyl (C=O) groups excluding carboxylic acids is 2. The Balaban J connectivity index is 1.67. The number of halogens is 1. The van der Waals surface area contributed by atoms with Crippen molar-refractivity contribution in [2.45, 2.75) is 19.0 Å². The molecule has 1 unspecified atom stereocenters. The van der Waals surface area contributed by atoms with Crippen LogP contribution in [-0.2, 0) is 11.3 Å². The van der Waals surface area contributed by atoms with E-state index in [-0.39, 0.29) is 18.0 Å². The van der Waals surface area contributed by atoms with E-state index in [9.17, 15) is 9.59 Å². The third-order valence-corrected chi connectivity index (χ3v) is 4.94. The van der Waals surface area contributed by atoms with Gasteiger partial charge in [0.1, 0.15) is 6.61 Å². The molecule has 0 N–H and O–H groups in total. The minimum absolute atomic E-state index is 0.0369. The molecule has 0 saturated carbocycles. The fraction of sp³-hybridized carbons (Fsp3) is 0.263. The van der Waals surface area contributed by atoms with Crippen LogP contribution in [0.2, 0.25) is 5.02 Å². The zero-order chi connectivity index (χ0) is 17.4. The number of anilines is 1. The second-order valence-corrected chi connectivity index (χ2v) is 6.69. The molecule has 0 aliphatic carbocycles. The first-order chi connectivity index (χ1) is 12.1. The smallest absolute Gasteiger partial charge is 0.414 e. The molecule has 5 nitrogen and oxygen atoms in total. The average Bonchev–Trinajstić information content (AvgIpc) is 2.97. The highest BCUT2D eigenvalue weighted by Crippen LogP contribution is 2.31. The van der Waals surface area contributed by atoms with Gasteiger partial charge >= 0.3 is 6.09 Å². The lowest BCUT2D eigenvalue weighted by atomic mass is 10.0. The van der Waals surface area contributed by atoms with Crippen LogP contribution in [0.15, 0.2) is 48.5 Å². The number of benzene rings is 2. The van der Waals surface area contributed by atoms with Gasteiger partial charge in [0.15, 0.2) is 0 Å². The maximum absolute atomic E-state index is 12.9. The Morgan fingerprint density at radius 3 is 2.68 bits per heavy atom. The lowest BCUT2D eigenvalue weighted by molar-refractivity contribution is 0.0734. The molecule has 6 heteroatoms. The first-order valence-corrected chi connectivity index (χ1v) is 8.60. The quantitative estimate of drug-likeness (QED) is 0.782. The van der Waals surface area contributed by atoms with Crippen molar-refractivity contribution in [2.75, 3.05) is 18.1 Å². The zero-order valence-corrected chi connectivity index (χ0v) is 14.3. The van der Waals surface area contributed by atoms with E-state index in [4.69, 9.17) is 16.3 Å². The number of rotatable bonds is 1. The second kappa shape index (κ2) is 6.41. The van der Waals surface area contributed by atoms with Crippen LogP contribution in [0.4, 0.5) is 10.5 Å². The summed E-state index contributed by atoms with van der Waals surface area (Å²) in [6, 6.07) is 14.5. The first-order valence-electron chi connectivity index (χ1n) is 8.22. The lowest BCUT2D eigenvalue weighted by Gasteiger charge is -2.32. The van der Waals surface area contributed by atoms with Gasteiger partial charge in [-0.15, -0.1) is 0 Å². The Morgan fingerprint density at radius 2 is 1.88 bits per heavy atom. The normalized spacial score (nSPS) is 19.6. The monoisotopic (exact) mass is 356 g/mol. The molecule has 1 atom stereocenters. The van der Waals surface area contributed by atoms with Crippen molar-refractivity contribution in [1.82, 2.24) is 4.90 Å². The maximum Gasteiger partial charge on any atom is 0.414 e. The summed E-state index contributed by atoms with van der Waals surface area (Å²) in [6.07, 6.45) is 0.370. The fourth-order valence-corrected chi connectivity index (χ4v) is 3.51. The SMILES string of the molecule is O=C(c1ccc(Cl)cc1)N1CCC2COC(=O)N2c2ccccc2C1. The van der Waals surface area contributed by atoms with Gasteiger partial charge in [-0.2, -0.15) is 0 Å². The molecule has 1 saturated heterocycles.